The van der Waals surface area contributed by atoms with Gasteiger partial charge in [-0.2, -0.15) is 0 Å². The number of carbonyl (C=O) groups is 1. The fraction of sp³-hybridized carbons (Fsp3) is 0.125. The monoisotopic (exact) mass is 212 g/mol. The molecule has 0 aliphatic carbocycles. The summed E-state index contributed by atoms with van der Waals surface area (Å²) < 4.78 is 0. The molecular weight excluding hydrogens is 204 g/mol. The van der Waals surface area contributed by atoms with Crippen molar-refractivity contribution in [2.45, 2.75) is 6.04 Å². The van der Waals surface area contributed by atoms with Crippen molar-refractivity contribution in [3.05, 3.63) is 33.9 Å². The van der Waals surface area contributed by atoms with Crippen LogP contribution < -0.4 is 5.73 Å². The smallest absolute Gasteiger partial charge is 0.325 e. The second kappa shape index (κ2) is 3.93. The minimum Gasteiger partial charge on any atom is -0.502 e. The van der Waals surface area contributed by atoms with Gasteiger partial charge in [-0.1, -0.05) is 0 Å². The van der Waals surface area contributed by atoms with Crippen molar-refractivity contribution in [1.29, 1.82) is 0 Å². The quantitative estimate of drug-likeness (QED) is 0.491. The molecule has 1 aromatic carbocycles. The summed E-state index contributed by atoms with van der Waals surface area (Å²) in [4.78, 5) is 20.1. The molecule has 0 heterocycles. The summed E-state index contributed by atoms with van der Waals surface area (Å²) in [7, 11) is 0. The van der Waals surface area contributed by atoms with Gasteiger partial charge < -0.3 is 15.9 Å². The number of phenolic OH excluding ortho intramolecular Hbond substituents is 1. The average molecular weight is 212 g/mol. The standard InChI is InChI=1S/C8H8N2O5/c9-7(8(12)13)4-1-2-5(10(14)15)6(11)3-4/h1-3,7,11H,9H2,(H,12,13)/t7-/m0/s1. The Bertz CT molecular complexity index is 417. The van der Waals surface area contributed by atoms with Crippen LogP contribution in [0.1, 0.15) is 11.6 Å². The number of nitro benzene ring substituents is 1. The molecule has 4 N–H and O–H groups in total. The molecule has 1 rings (SSSR count). The molecule has 0 bridgehead atoms. The number of phenols is 1. The summed E-state index contributed by atoms with van der Waals surface area (Å²) in [5.41, 5.74) is 4.87. The SMILES string of the molecule is N[C@H](C(=O)O)c1ccc([N+](=O)[O-])c(O)c1. The highest BCUT2D eigenvalue weighted by Gasteiger charge is 2.19. The van der Waals surface area contributed by atoms with Gasteiger partial charge in [0.05, 0.1) is 4.92 Å². The molecule has 0 aliphatic heterocycles. The van der Waals surface area contributed by atoms with E-state index in [1.807, 2.05) is 0 Å². The van der Waals surface area contributed by atoms with Crippen LogP contribution in [0.25, 0.3) is 0 Å². The number of benzene rings is 1. The Balaban J connectivity index is 3.12. The van der Waals surface area contributed by atoms with Gasteiger partial charge in [0.2, 0.25) is 0 Å². The van der Waals surface area contributed by atoms with Crippen LogP contribution in [-0.4, -0.2) is 21.1 Å². The second-order valence-electron chi connectivity index (χ2n) is 2.82. The molecule has 0 aromatic heterocycles. The van der Waals surface area contributed by atoms with Gasteiger partial charge in [-0.25, -0.2) is 0 Å². The van der Waals surface area contributed by atoms with Crippen LogP contribution in [0.15, 0.2) is 18.2 Å². The number of aliphatic carboxylic acids is 1. The molecular formula is C8H8N2O5. The fourth-order valence-electron chi connectivity index (χ4n) is 1.03. The van der Waals surface area contributed by atoms with Crippen molar-refractivity contribution in [2.24, 2.45) is 5.73 Å². The van der Waals surface area contributed by atoms with Crippen LogP contribution in [0.5, 0.6) is 5.75 Å². The van der Waals surface area contributed by atoms with Crippen molar-refractivity contribution in [1.82, 2.24) is 0 Å². The van der Waals surface area contributed by atoms with Crippen LogP contribution in [0.4, 0.5) is 5.69 Å². The number of rotatable bonds is 3. The zero-order valence-electron chi connectivity index (χ0n) is 7.45. The molecule has 0 saturated carbocycles. The number of nitrogens with two attached hydrogens (primary N) is 1. The predicted molar refractivity (Wildman–Crippen MR) is 49.3 cm³/mol. The van der Waals surface area contributed by atoms with Crippen molar-refractivity contribution >= 4 is 11.7 Å². The number of hydrogen-bond acceptors (Lipinski definition) is 5. The van der Waals surface area contributed by atoms with E-state index in [0.717, 1.165) is 12.1 Å². The van der Waals surface area contributed by atoms with Crippen LogP contribution in [-0.2, 0) is 4.79 Å². The fourth-order valence-corrected chi connectivity index (χ4v) is 1.03. The van der Waals surface area contributed by atoms with E-state index in [2.05, 4.69) is 0 Å². The van der Waals surface area contributed by atoms with Crippen molar-refractivity contribution < 1.29 is 19.9 Å². The summed E-state index contributed by atoms with van der Waals surface area (Å²) in [5.74, 6) is -1.88. The maximum Gasteiger partial charge on any atom is 0.325 e. The third-order valence-corrected chi connectivity index (χ3v) is 1.82. The van der Waals surface area contributed by atoms with E-state index >= 15 is 0 Å². The molecule has 0 unspecified atom stereocenters. The third kappa shape index (κ3) is 2.20. The van der Waals surface area contributed by atoms with Crippen molar-refractivity contribution in [3.63, 3.8) is 0 Å². The molecule has 7 nitrogen and oxygen atoms in total. The van der Waals surface area contributed by atoms with Crippen LogP contribution in [0.2, 0.25) is 0 Å². The van der Waals surface area contributed by atoms with Gasteiger partial charge in [-0.15, -0.1) is 0 Å². The zero-order valence-corrected chi connectivity index (χ0v) is 7.45. The van der Waals surface area contributed by atoms with Crippen LogP contribution in [0, 0.1) is 10.1 Å². The Morgan fingerprint density at radius 3 is 2.53 bits per heavy atom. The molecule has 0 amide bonds. The summed E-state index contributed by atoms with van der Waals surface area (Å²) in [6.45, 7) is 0. The number of carboxylic acid groups (broad SMARTS) is 1. The Morgan fingerprint density at radius 2 is 2.13 bits per heavy atom. The second-order valence-corrected chi connectivity index (χ2v) is 2.82. The molecule has 0 saturated heterocycles. The van der Waals surface area contributed by atoms with Gasteiger partial charge in [0.15, 0.2) is 5.75 Å². The molecule has 0 spiro atoms. The van der Waals surface area contributed by atoms with E-state index in [-0.39, 0.29) is 5.56 Å². The summed E-state index contributed by atoms with van der Waals surface area (Å²) in [6, 6.07) is 1.86. The lowest BCUT2D eigenvalue weighted by molar-refractivity contribution is -0.385. The number of hydrogen-bond donors (Lipinski definition) is 3. The maximum absolute atomic E-state index is 10.5. The van der Waals surface area contributed by atoms with E-state index in [1.165, 1.54) is 6.07 Å². The topological polar surface area (TPSA) is 127 Å². The summed E-state index contributed by atoms with van der Waals surface area (Å²) in [5, 5.41) is 28.1. The number of aromatic hydroxyl groups is 1. The van der Waals surface area contributed by atoms with E-state index in [1.54, 1.807) is 0 Å². The van der Waals surface area contributed by atoms with E-state index in [9.17, 15) is 20.0 Å². The highest BCUT2D eigenvalue weighted by molar-refractivity contribution is 5.75. The van der Waals surface area contributed by atoms with Crippen molar-refractivity contribution in [2.75, 3.05) is 0 Å². The summed E-state index contributed by atoms with van der Waals surface area (Å²) >= 11 is 0. The van der Waals surface area contributed by atoms with Crippen LogP contribution >= 0.6 is 0 Å². The lowest BCUT2D eigenvalue weighted by atomic mass is 10.1. The Hall–Kier alpha value is -2.15. The first-order valence-electron chi connectivity index (χ1n) is 3.89. The molecule has 0 fully saturated rings. The molecule has 1 atom stereocenters. The lowest BCUT2D eigenvalue weighted by Gasteiger charge is -2.06. The van der Waals surface area contributed by atoms with Crippen LogP contribution in [0.3, 0.4) is 0 Å². The third-order valence-electron chi connectivity index (χ3n) is 1.82. The molecule has 15 heavy (non-hydrogen) atoms. The Morgan fingerprint density at radius 1 is 1.53 bits per heavy atom. The van der Waals surface area contributed by atoms with Gasteiger partial charge in [-0.3, -0.25) is 14.9 Å². The minimum atomic E-state index is -1.31. The first kappa shape index (κ1) is 10.9. The van der Waals surface area contributed by atoms with Gasteiger partial charge in [0, 0.05) is 6.07 Å². The normalized spacial score (nSPS) is 12.1. The number of nitro groups is 1. The highest BCUT2D eigenvalue weighted by Crippen LogP contribution is 2.28. The maximum atomic E-state index is 10.5. The molecule has 80 valence electrons. The van der Waals surface area contributed by atoms with Gasteiger partial charge in [0.1, 0.15) is 6.04 Å². The minimum absolute atomic E-state index is 0.102. The predicted octanol–water partition coefficient (Wildman–Crippen LogP) is 0.385. The first-order valence-corrected chi connectivity index (χ1v) is 3.89. The Kier molecular flexibility index (Phi) is 2.86. The lowest BCUT2D eigenvalue weighted by Crippen LogP contribution is -2.20. The van der Waals surface area contributed by atoms with Gasteiger partial charge in [-0.05, 0) is 17.7 Å². The van der Waals surface area contributed by atoms with E-state index in [4.69, 9.17) is 10.8 Å². The average Bonchev–Trinajstić information content (AvgIpc) is 2.15. The van der Waals surface area contributed by atoms with Crippen molar-refractivity contribution in [3.8, 4) is 5.75 Å². The zero-order chi connectivity index (χ0) is 11.6. The molecule has 0 radical (unpaired) electrons. The number of carboxylic acids is 1. The molecule has 7 heteroatoms. The molecule has 1 aromatic rings. The van der Waals surface area contributed by atoms with E-state index in [0.29, 0.717) is 0 Å². The van der Waals surface area contributed by atoms with Gasteiger partial charge in [0.25, 0.3) is 0 Å². The largest absolute Gasteiger partial charge is 0.502 e. The number of nitrogens with zero attached hydrogens (tertiary/aromatic N) is 1. The molecule has 0 aliphatic rings. The highest BCUT2D eigenvalue weighted by atomic mass is 16.6. The summed E-state index contributed by atoms with van der Waals surface area (Å²) in [6.07, 6.45) is 0. The van der Waals surface area contributed by atoms with E-state index < -0.39 is 28.4 Å². The Labute approximate surface area is 83.9 Å². The van der Waals surface area contributed by atoms with Gasteiger partial charge >= 0.3 is 11.7 Å². The first-order chi connectivity index (χ1) is 6.93.